The van der Waals surface area contributed by atoms with E-state index in [1.54, 1.807) is 0 Å². The van der Waals surface area contributed by atoms with Gasteiger partial charge >= 0.3 is 6.09 Å². The van der Waals surface area contributed by atoms with Crippen molar-refractivity contribution < 1.29 is 9.53 Å². The molecule has 1 aliphatic heterocycles. The Balaban J connectivity index is 1.64. The molecule has 0 radical (unpaired) electrons. The van der Waals surface area contributed by atoms with Crippen molar-refractivity contribution in [2.24, 2.45) is 5.92 Å². The minimum absolute atomic E-state index is 0.156. The van der Waals surface area contributed by atoms with Crippen molar-refractivity contribution in [3.05, 3.63) is 33.8 Å². The lowest BCUT2D eigenvalue weighted by Gasteiger charge is -2.33. The molecular formula is C21H32BrNO2. The van der Waals surface area contributed by atoms with Crippen LogP contribution in [0.15, 0.2) is 22.7 Å². The standard InChI is InChI=1S/C21H32BrNO2/c1-16-15-18(9-10-19(16)22)8-6-5-7-17-11-13-23(14-12-17)20(24)25-21(2,3)4/h9-10,15,17H,5-8,11-14H2,1-4H3. The number of rotatable bonds is 5. The fourth-order valence-corrected chi connectivity index (χ4v) is 3.60. The molecule has 1 aliphatic rings. The smallest absolute Gasteiger partial charge is 0.410 e. The summed E-state index contributed by atoms with van der Waals surface area (Å²) in [6.45, 7) is 9.59. The lowest BCUT2D eigenvalue weighted by Crippen LogP contribution is -2.41. The fourth-order valence-electron chi connectivity index (χ4n) is 3.36. The number of carbonyl (C=O) groups excluding carboxylic acids is 1. The van der Waals surface area contributed by atoms with Crippen LogP contribution in [0.5, 0.6) is 0 Å². The molecule has 140 valence electrons. The first-order valence-electron chi connectivity index (χ1n) is 9.47. The minimum atomic E-state index is -0.403. The second-order valence-electron chi connectivity index (χ2n) is 8.24. The van der Waals surface area contributed by atoms with E-state index in [4.69, 9.17) is 4.74 Å². The zero-order valence-electron chi connectivity index (χ0n) is 16.1. The number of hydrogen-bond acceptors (Lipinski definition) is 2. The van der Waals surface area contributed by atoms with Crippen LogP contribution >= 0.6 is 15.9 Å². The Bertz CT molecular complexity index is 572. The second kappa shape index (κ2) is 9.07. The zero-order valence-corrected chi connectivity index (χ0v) is 17.7. The van der Waals surface area contributed by atoms with E-state index in [9.17, 15) is 4.79 Å². The predicted molar refractivity (Wildman–Crippen MR) is 107 cm³/mol. The van der Waals surface area contributed by atoms with Crippen molar-refractivity contribution in [2.75, 3.05) is 13.1 Å². The van der Waals surface area contributed by atoms with E-state index >= 15 is 0 Å². The highest BCUT2D eigenvalue weighted by atomic mass is 79.9. The third-order valence-electron chi connectivity index (χ3n) is 4.82. The molecule has 1 fully saturated rings. The van der Waals surface area contributed by atoms with E-state index < -0.39 is 5.60 Å². The topological polar surface area (TPSA) is 29.5 Å². The Kier molecular flexibility index (Phi) is 7.36. The number of likely N-dealkylation sites (tertiary alicyclic amines) is 1. The number of ether oxygens (including phenoxy) is 1. The molecule has 1 amide bonds. The summed E-state index contributed by atoms with van der Waals surface area (Å²) in [7, 11) is 0. The summed E-state index contributed by atoms with van der Waals surface area (Å²) in [5, 5.41) is 0. The highest BCUT2D eigenvalue weighted by molar-refractivity contribution is 9.10. The van der Waals surface area contributed by atoms with E-state index in [0.717, 1.165) is 38.3 Å². The normalized spacial score (nSPS) is 16.1. The lowest BCUT2D eigenvalue weighted by molar-refractivity contribution is 0.0180. The molecule has 25 heavy (non-hydrogen) atoms. The molecular weight excluding hydrogens is 378 g/mol. The fraction of sp³-hybridized carbons (Fsp3) is 0.667. The van der Waals surface area contributed by atoms with Crippen LogP contribution < -0.4 is 0 Å². The Morgan fingerprint density at radius 2 is 1.92 bits per heavy atom. The second-order valence-corrected chi connectivity index (χ2v) is 9.09. The van der Waals surface area contributed by atoms with Gasteiger partial charge in [-0.2, -0.15) is 0 Å². The summed E-state index contributed by atoms with van der Waals surface area (Å²) >= 11 is 3.56. The molecule has 1 aromatic carbocycles. The molecule has 0 spiro atoms. The van der Waals surface area contributed by atoms with Crippen molar-refractivity contribution in [3.63, 3.8) is 0 Å². The molecule has 4 heteroatoms. The molecule has 1 saturated heterocycles. The first-order chi connectivity index (χ1) is 11.7. The van der Waals surface area contributed by atoms with Crippen LogP contribution in [0, 0.1) is 12.8 Å². The predicted octanol–water partition coefficient (Wildman–Crippen LogP) is 6.12. The molecule has 0 atom stereocenters. The Morgan fingerprint density at radius 1 is 1.24 bits per heavy atom. The average molecular weight is 410 g/mol. The van der Waals surface area contributed by atoms with Gasteiger partial charge in [0.25, 0.3) is 0 Å². The van der Waals surface area contributed by atoms with Gasteiger partial charge in [-0.15, -0.1) is 0 Å². The maximum Gasteiger partial charge on any atom is 0.410 e. The van der Waals surface area contributed by atoms with Crippen LogP contribution in [0.25, 0.3) is 0 Å². The summed E-state index contributed by atoms with van der Waals surface area (Å²) in [4.78, 5) is 14.0. The number of carbonyl (C=O) groups is 1. The van der Waals surface area contributed by atoms with E-state index in [0.29, 0.717) is 0 Å². The molecule has 0 saturated carbocycles. The summed E-state index contributed by atoms with van der Waals surface area (Å²) in [6, 6.07) is 6.65. The molecule has 0 unspecified atom stereocenters. The van der Waals surface area contributed by atoms with Crippen molar-refractivity contribution in [2.45, 2.75) is 71.8 Å². The van der Waals surface area contributed by atoms with Gasteiger partial charge in [0, 0.05) is 17.6 Å². The van der Waals surface area contributed by atoms with Gasteiger partial charge in [0.1, 0.15) is 5.60 Å². The molecule has 0 bridgehead atoms. The SMILES string of the molecule is Cc1cc(CCCCC2CCN(C(=O)OC(C)(C)C)CC2)ccc1Br. The van der Waals surface area contributed by atoms with Crippen molar-refractivity contribution >= 4 is 22.0 Å². The Morgan fingerprint density at radius 3 is 2.52 bits per heavy atom. The molecule has 1 aromatic rings. The number of hydrogen-bond donors (Lipinski definition) is 0. The van der Waals surface area contributed by atoms with E-state index in [-0.39, 0.29) is 6.09 Å². The quantitative estimate of drug-likeness (QED) is 0.548. The maximum absolute atomic E-state index is 12.1. The van der Waals surface area contributed by atoms with Gasteiger partial charge in [-0.3, -0.25) is 0 Å². The van der Waals surface area contributed by atoms with Crippen molar-refractivity contribution in [1.82, 2.24) is 4.90 Å². The summed E-state index contributed by atoms with van der Waals surface area (Å²) in [5.74, 6) is 0.755. The summed E-state index contributed by atoms with van der Waals surface area (Å²) in [6.07, 6.45) is 7.01. The molecule has 0 aliphatic carbocycles. The number of amides is 1. The number of piperidine rings is 1. The van der Waals surface area contributed by atoms with Crippen molar-refractivity contribution in [3.8, 4) is 0 Å². The molecule has 3 nitrogen and oxygen atoms in total. The van der Waals surface area contributed by atoms with Crippen LogP contribution in [-0.4, -0.2) is 29.7 Å². The minimum Gasteiger partial charge on any atom is -0.444 e. The van der Waals surface area contributed by atoms with Crippen LogP contribution in [0.3, 0.4) is 0 Å². The first-order valence-corrected chi connectivity index (χ1v) is 10.3. The lowest BCUT2D eigenvalue weighted by atomic mass is 9.91. The number of aryl methyl sites for hydroxylation is 2. The van der Waals surface area contributed by atoms with Gasteiger partial charge in [0.05, 0.1) is 0 Å². The molecule has 0 N–H and O–H groups in total. The zero-order chi connectivity index (χ0) is 18.4. The van der Waals surface area contributed by atoms with Gasteiger partial charge in [0.2, 0.25) is 0 Å². The molecule has 1 heterocycles. The van der Waals surface area contributed by atoms with E-state index in [2.05, 4.69) is 41.1 Å². The highest BCUT2D eigenvalue weighted by Crippen LogP contribution is 2.25. The highest BCUT2D eigenvalue weighted by Gasteiger charge is 2.26. The van der Waals surface area contributed by atoms with Gasteiger partial charge in [-0.05, 0) is 76.5 Å². The maximum atomic E-state index is 12.1. The molecule has 2 rings (SSSR count). The monoisotopic (exact) mass is 409 g/mol. The summed E-state index contributed by atoms with van der Waals surface area (Å²) < 4.78 is 6.65. The van der Waals surface area contributed by atoms with E-state index in [1.807, 2.05) is 25.7 Å². The largest absolute Gasteiger partial charge is 0.444 e. The average Bonchev–Trinajstić information content (AvgIpc) is 2.54. The van der Waals surface area contributed by atoms with Gasteiger partial charge in [0.15, 0.2) is 0 Å². The number of nitrogens with zero attached hydrogens (tertiary/aromatic N) is 1. The van der Waals surface area contributed by atoms with Crippen LogP contribution in [0.4, 0.5) is 4.79 Å². The number of halogens is 1. The van der Waals surface area contributed by atoms with Crippen LogP contribution in [0.1, 0.15) is 64.0 Å². The van der Waals surface area contributed by atoms with Gasteiger partial charge in [-0.1, -0.05) is 40.9 Å². The van der Waals surface area contributed by atoms with E-state index in [1.165, 1.54) is 34.9 Å². The molecule has 0 aromatic heterocycles. The first kappa shape index (κ1) is 20.3. The number of benzene rings is 1. The van der Waals surface area contributed by atoms with Gasteiger partial charge < -0.3 is 9.64 Å². The number of unbranched alkanes of at least 4 members (excludes halogenated alkanes) is 1. The van der Waals surface area contributed by atoms with Crippen LogP contribution in [-0.2, 0) is 11.2 Å². The Labute approximate surface area is 161 Å². The van der Waals surface area contributed by atoms with Gasteiger partial charge in [-0.25, -0.2) is 4.79 Å². The van der Waals surface area contributed by atoms with Crippen LogP contribution in [0.2, 0.25) is 0 Å². The summed E-state index contributed by atoms with van der Waals surface area (Å²) in [5.41, 5.74) is 2.34. The Hall–Kier alpha value is -1.03. The van der Waals surface area contributed by atoms with Crippen molar-refractivity contribution in [1.29, 1.82) is 0 Å². The third kappa shape index (κ3) is 7.01. The third-order valence-corrected chi connectivity index (χ3v) is 5.71.